The molecule has 5 rings (SSSR count). The maximum absolute atomic E-state index is 9.64. The summed E-state index contributed by atoms with van der Waals surface area (Å²) in [4.78, 5) is 4.98. The summed E-state index contributed by atoms with van der Waals surface area (Å²) >= 11 is 1.66. The Kier molecular flexibility index (Phi) is 3.50. The Morgan fingerprint density at radius 2 is 1.77 bits per heavy atom. The molecule has 0 spiro atoms. The van der Waals surface area contributed by atoms with Gasteiger partial charge >= 0.3 is 0 Å². The van der Waals surface area contributed by atoms with Gasteiger partial charge in [0.1, 0.15) is 18.1 Å². The number of pyridine rings is 1. The van der Waals surface area contributed by atoms with Crippen molar-refractivity contribution in [2.45, 2.75) is 6.61 Å². The summed E-state index contributed by atoms with van der Waals surface area (Å²) in [5.41, 5.74) is 7.26. The van der Waals surface area contributed by atoms with Gasteiger partial charge in [-0.15, -0.1) is 0 Å². The highest BCUT2D eigenvalue weighted by atomic mass is 32.1. The van der Waals surface area contributed by atoms with Crippen LogP contribution in [-0.4, -0.2) is 10.1 Å². The van der Waals surface area contributed by atoms with Gasteiger partial charge in [-0.25, -0.2) is 4.98 Å². The summed E-state index contributed by atoms with van der Waals surface area (Å²) in [6.45, 7) is 0.486. The highest BCUT2D eigenvalue weighted by molar-refractivity contribution is 7.08. The van der Waals surface area contributed by atoms with Crippen LogP contribution < -0.4 is 4.74 Å². The highest BCUT2D eigenvalue weighted by Gasteiger charge is 2.23. The number of ether oxygens (including phenoxy) is 1. The van der Waals surface area contributed by atoms with Crippen molar-refractivity contribution in [3.8, 4) is 45.1 Å². The fourth-order valence-electron chi connectivity index (χ4n) is 3.34. The van der Waals surface area contributed by atoms with Gasteiger partial charge in [-0.05, 0) is 52.9 Å². The van der Waals surface area contributed by atoms with E-state index in [9.17, 15) is 5.11 Å². The van der Waals surface area contributed by atoms with Crippen LogP contribution in [0.5, 0.6) is 11.5 Å². The summed E-state index contributed by atoms with van der Waals surface area (Å²) in [6, 6.07) is 19.5. The number of aromatic nitrogens is 1. The van der Waals surface area contributed by atoms with Crippen LogP contribution in [0.2, 0.25) is 0 Å². The number of aromatic hydroxyl groups is 1. The van der Waals surface area contributed by atoms with Crippen molar-refractivity contribution in [3.63, 3.8) is 0 Å². The molecule has 1 N–H and O–H groups in total. The predicted octanol–water partition coefficient (Wildman–Crippen LogP) is 5.74. The van der Waals surface area contributed by atoms with E-state index in [1.807, 2.05) is 30.3 Å². The van der Waals surface area contributed by atoms with Crippen molar-refractivity contribution < 1.29 is 9.84 Å². The molecular weight excluding hydrogens is 342 g/mol. The maximum atomic E-state index is 9.64. The number of thiophene rings is 1. The molecule has 0 unspecified atom stereocenters. The van der Waals surface area contributed by atoms with Gasteiger partial charge in [-0.3, -0.25) is 0 Å². The van der Waals surface area contributed by atoms with E-state index in [-0.39, 0.29) is 5.75 Å². The molecule has 0 amide bonds. The molecule has 0 fully saturated rings. The molecule has 1 aliphatic heterocycles. The maximum Gasteiger partial charge on any atom is 0.129 e. The molecule has 4 aromatic rings. The summed E-state index contributed by atoms with van der Waals surface area (Å²) in [6.07, 6.45) is 0. The molecule has 0 radical (unpaired) electrons. The number of hydrogen-bond donors (Lipinski definition) is 1. The summed E-state index contributed by atoms with van der Waals surface area (Å²) in [7, 11) is 0. The third-order valence-corrected chi connectivity index (χ3v) is 5.32. The molecule has 3 heterocycles. The Balaban J connectivity index is 1.80. The number of nitrogens with zero attached hydrogens (tertiary/aromatic N) is 1. The van der Waals surface area contributed by atoms with Gasteiger partial charge in [-0.2, -0.15) is 11.3 Å². The fraction of sp³-hybridized carbons (Fsp3) is 0.0455. The molecular formula is C22H15NO2S. The quantitative estimate of drug-likeness (QED) is 0.497. The second kappa shape index (κ2) is 6.00. The van der Waals surface area contributed by atoms with Crippen molar-refractivity contribution in [2.75, 3.05) is 0 Å². The second-order valence-electron chi connectivity index (χ2n) is 6.23. The van der Waals surface area contributed by atoms with E-state index in [0.29, 0.717) is 6.61 Å². The minimum atomic E-state index is 0.260. The monoisotopic (exact) mass is 357 g/mol. The second-order valence-corrected chi connectivity index (χ2v) is 7.01. The van der Waals surface area contributed by atoms with Crippen LogP contribution in [0.25, 0.3) is 33.6 Å². The van der Waals surface area contributed by atoms with Gasteiger partial charge in [0.2, 0.25) is 0 Å². The Bertz CT molecular complexity index is 1090. The zero-order valence-electron chi connectivity index (χ0n) is 13.8. The fourth-order valence-corrected chi connectivity index (χ4v) is 3.98. The predicted molar refractivity (Wildman–Crippen MR) is 104 cm³/mol. The van der Waals surface area contributed by atoms with E-state index in [0.717, 1.165) is 45.0 Å². The zero-order chi connectivity index (χ0) is 17.5. The van der Waals surface area contributed by atoms with Crippen LogP contribution in [0.1, 0.15) is 5.56 Å². The lowest BCUT2D eigenvalue weighted by Crippen LogP contribution is -2.09. The standard InChI is InChI=1S/C22H15NO2S/c24-16-7-5-14(6-8-16)18-11-20(15-9-10-26-13-15)23-22-17-3-1-2-4-21(17)25-12-19(18)22/h1-11,13,24H,12H2. The minimum absolute atomic E-state index is 0.260. The molecule has 3 nitrogen and oxygen atoms in total. The van der Waals surface area contributed by atoms with Crippen LogP contribution in [0.4, 0.5) is 0 Å². The average molecular weight is 357 g/mol. The number of para-hydroxylation sites is 1. The lowest BCUT2D eigenvalue weighted by atomic mass is 9.93. The van der Waals surface area contributed by atoms with E-state index in [2.05, 4.69) is 29.0 Å². The van der Waals surface area contributed by atoms with Crippen molar-refractivity contribution in [3.05, 3.63) is 77.0 Å². The lowest BCUT2D eigenvalue weighted by Gasteiger charge is -2.23. The van der Waals surface area contributed by atoms with E-state index in [1.165, 1.54) is 0 Å². The van der Waals surface area contributed by atoms with Gasteiger partial charge in [0.25, 0.3) is 0 Å². The Morgan fingerprint density at radius 1 is 0.923 bits per heavy atom. The third kappa shape index (κ3) is 2.47. The molecule has 2 aromatic heterocycles. The number of benzene rings is 2. The first-order valence-electron chi connectivity index (χ1n) is 8.38. The van der Waals surface area contributed by atoms with Gasteiger partial charge in [-0.1, -0.05) is 24.3 Å². The van der Waals surface area contributed by atoms with Gasteiger partial charge in [0.05, 0.1) is 11.4 Å². The van der Waals surface area contributed by atoms with Crippen LogP contribution in [0.15, 0.2) is 71.4 Å². The summed E-state index contributed by atoms with van der Waals surface area (Å²) in [5, 5.41) is 13.8. The number of phenolic OH excluding ortho intramolecular Hbond substituents is 1. The van der Waals surface area contributed by atoms with E-state index in [1.54, 1.807) is 23.5 Å². The molecule has 0 aliphatic carbocycles. The first kappa shape index (κ1) is 15.2. The smallest absolute Gasteiger partial charge is 0.129 e. The first-order valence-corrected chi connectivity index (χ1v) is 9.32. The summed E-state index contributed by atoms with van der Waals surface area (Å²) < 4.78 is 5.98. The topological polar surface area (TPSA) is 42.4 Å². The largest absolute Gasteiger partial charge is 0.508 e. The van der Waals surface area contributed by atoms with Crippen molar-refractivity contribution in [2.24, 2.45) is 0 Å². The lowest BCUT2D eigenvalue weighted by molar-refractivity contribution is 0.302. The van der Waals surface area contributed by atoms with Gasteiger partial charge in [0.15, 0.2) is 0 Å². The zero-order valence-corrected chi connectivity index (χ0v) is 14.7. The van der Waals surface area contributed by atoms with Crippen LogP contribution in [0.3, 0.4) is 0 Å². The number of rotatable bonds is 2. The van der Waals surface area contributed by atoms with Crippen molar-refractivity contribution >= 4 is 11.3 Å². The first-order chi connectivity index (χ1) is 12.8. The number of hydrogen-bond acceptors (Lipinski definition) is 4. The van der Waals surface area contributed by atoms with Crippen LogP contribution in [0, 0.1) is 0 Å². The molecule has 126 valence electrons. The molecule has 1 aliphatic rings. The number of phenols is 1. The molecule has 0 saturated carbocycles. The Hall–Kier alpha value is -3.11. The van der Waals surface area contributed by atoms with E-state index < -0.39 is 0 Å². The van der Waals surface area contributed by atoms with E-state index >= 15 is 0 Å². The van der Waals surface area contributed by atoms with Crippen molar-refractivity contribution in [1.82, 2.24) is 4.98 Å². The number of fused-ring (bicyclic) bond motifs is 3. The Labute approximate surface area is 155 Å². The normalized spacial score (nSPS) is 12.2. The molecule has 0 saturated heterocycles. The van der Waals surface area contributed by atoms with E-state index in [4.69, 9.17) is 9.72 Å². The highest BCUT2D eigenvalue weighted by Crippen LogP contribution is 2.42. The molecule has 0 atom stereocenters. The molecule has 0 bridgehead atoms. The SMILES string of the molecule is Oc1ccc(-c2cc(-c3ccsc3)nc3c2COc2ccccc2-3)cc1. The summed E-state index contributed by atoms with van der Waals surface area (Å²) in [5.74, 6) is 1.13. The average Bonchev–Trinajstić information content (AvgIpc) is 3.22. The molecule has 4 heteroatoms. The van der Waals surface area contributed by atoms with Gasteiger partial charge < -0.3 is 9.84 Å². The van der Waals surface area contributed by atoms with Crippen molar-refractivity contribution in [1.29, 1.82) is 0 Å². The molecule has 26 heavy (non-hydrogen) atoms. The van der Waals surface area contributed by atoms with Crippen LogP contribution in [-0.2, 0) is 6.61 Å². The van der Waals surface area contributed by atoms with Crippen LogP contribution >= 0.6 is 11.3 Å². The Morgan fingerprint density at radius 3 is 2.58 bits per heavy atom. The van der Waals surface area contributed by atoms with Gasteiger partial charge in [0, 0.05) is 22.1 Å². The molecule has 2 aromatic carbocycles. The third-order valence-electron chi connectivity index (χ3n) is 4.63. The minimum Gasteiger partial charge on any atom is -0.508 e.